The first-order valence-electron chi connectivity index (χ1n) is 6.42. The maximum Gasteiger partial charge on any atom is 0.140 e. The molecule has 0 aliphatic carbocycles. The molecule has 20 heavy (non-hydrogen) atoms. The third-order valence-corrected chi connectivity index (χ3v) is 3.97. The Morgan fingerprint density at radius 1 is 1.10 bits per heavy atom. The number of fused-ring (bicyclic) bond motifs is 1. The fourth-order valence-corrected chi connectivity index (χ4v) is 2.58. The molecule has 1 aromatic heterocycles. The highest BCUT2D eigenvalue weighted by Crippen LogP contribution is 2.28. The summed E-state index contributed by atoms with van der Waals surface area (Å²) < 4.78 is 2.08. The van der Waals surface area contributed by atoms with Gasteiger partial charge in [-0.25, -0.2) is 4.98 Å². The SMILES string of the molecule is CC(Cl)c1ccc2c(c1)nc(-c1ccc(Cl)cc1)n2C. The summed E-state index contributed by atoms with van der Waals surface area (Å²) in [5.41, 5.74) is 4.19. The number of halogens is 2. The van der Waals surface area contributed by atoms with Crippen molar-refractivity contribution in [3.05, 3.63) is 53.1 Å². The third kappa shape index (κ3) is 2.30. The van der Waals surface area contributed by atoms with Crippen LogP contribution in [0.2, 0.25) is 5.02 Å². The average molecular weight is 305 g/mol. The molecule has 2 nitrogen and oxygen atoms in total. The van der Waals surface area contributed by atoms with E-state index in [1.165, 1.54) is 0 Å². The lowest BCUT2D eigenvalue weighted by molar-refractivity contribution is 0.959. The van der Waals surface area contributed by atoms with Crippen LogP contribution in [0, 0.1) is 0 Å². The maximum atomic E-state index is 6.14. The predicted molar refractivity (Wildman–Crippen MR) is 85.4 cm³/mol. The zero-order valence-electron chi connectivity index (χ0n) is 11.3. The van der Waals surface area contributed by atoms with Crippen LogP contribution in [0.15, 0.2) is 42.5 Å². The van der Waals surface area contributed by atoms with Gasteiger partial charge in [0.05, 0.1) is 16.4 Å². The highest BCUT2D eigenvalue weighted by Gasteiger charge is 2.11. The molecule has 0 aliphatic rings. The summed E-state index contributed by atoms with van der Waals surface area (Å²) in [5, 5.41) is 0.714. The molecule has 0 fully saturated rings. The Hall–Kier alpha value is -1.51. The van der Waals surface area contributed by atoms with Gasteiger partial charge < -0.3 is 4.57 Å². The number of hydrogen-bond donors (Lipinski definition) is 0. The molecule has 3 rings (SSSR count). The van der Waals surface area contributed by atoms with Crippen molar-refractivity contribution < 1.29 is 0 Å². The smallest absolute Gasteiger partial charge is 0.140 e. The van der Waals surface area contributed by atoms with Gasteiger partial charge in [0.15, 0.2) is 0 Å². The van der Waals surface area contributed by atoms with Gasteiger partial charge in [-0.1, -0.05) is 17.7 Å². The Balaban J connectivity index is 2.17. The van der Waals surface area contributed by atoms with Crippen LogP contribution in [-0.2, 0) is 7.05 Å². The number of alkyl halides is 1. The summed E-state index contributed by atoms with van der Waals surface area (Å²) in [7, 11) is 2.02. The van der Waals surface area contributed by atoms with E-state index in [4.69, 9.17) is 28.2 Å². The van der Waals surface area contributed by atoms with Crippen LogP contribution in [0.4, 0.5) is 0 Å². The van der Waals surface area contributed by atoms with E-state index in [0.717, 1.165) is 33.0 Å². The van der Waals surface area contributed by atoms with Crippen LogP contribution in [0.3, 0.4) is 0 Å². The van der Waals surface area contributed by atoms with E-state index in [9.17, 15) is 0 Å². The second kappa shape index (κ2) is 5.12. The summed E-state index contributed by atoms with van der Waals surface area (Å²) in [6, 6.07) is 13.9. The number of benzene rings is 2. The zero-order chi connectivity index (χ0) is 14.3. The van der Waals surface area contributed by atoms with Gasteiger partial charge in [-0.3, -0.25) is 0 Å². The van der Waals surface area contributed by atoms with Gasteiger partial charge in [-0.15, -0.1) is 11.6 Å². The second-order valence-corrected chi connectivity index (χ2v) is 5.96. The first kappa shape index (κ1) is 13.5. The summed E-state index contributed by atoms with van der Waals surface area (Å²) in [6.07, 6.45) is 0. The molecule has 0 saturated carbocycles. The number of imidazole rings is 1. The minimum atomic E-state index is -0.0135. The van der Waals surface area contributed by atoms with Crippen molar-refractivity contribution in [3.63, 3.8) is 0 Å². The van der Waals surface area contributed by atoms with Crippen molar-refractivity contribution in [1.29, 1.82) is 0 Å². The van der Waals surface area contributed by atoms with Gasteiger partial charge in [0, 0.05) is 17.6 Å². The topological polar surface area (TPSA) is 17.8 Å². The highest BCUT2D eigenvalue weighted by atomic mass is 35.5. The molecule has 0 bridgehead atoms. The lowest BCUT2D eigenvalue weighted by atomic mass is 10.1. The number of aromatic nitrogens is 2. The van der Waals surface area contributed by atoms with Crippen molar-refractivity contribution >= 4 is 34.2 Å². The largest absolute Gasteiger partial charge is 0.327 e. The van der Waals surface area contributed by atoms with Gasteiger partial charge in [0.2, 0.25) is 0 Å². The normalized spacial score (nSPS) is 12.8. The first-order chi connectivity index (χ1) is 9.56. The fourth-order valence-electron chi connectivity index (χ4n) is 2.32. The Morgan fingerprint density at radius 2 is 1.80 bits per heavy atom. The molecule has 3 aromatic rings. The van der Waals surface area contributed by atoms with E-state index >= 15 is 0 Å². The molecule has 0 spiro atoms. The molecule has 1 atom stereocenters. The van der Waals surface area contributed by atoms with Crippen LogP contribution in [0.1, 0.15) is 17.9 Å². The number of hydrogen-bond acceptors (Lipinski definition) is 1. The van der Waals surface area contributed by atoms with Crippen LogP contribution in [0.25, 0.3) is 22.4 Å². The van der Waals surface area contributed by atoms with Crippen LogP contribution in [-0.4, -0.2) is 9.55 Å². The van der Waals surface area contributed by atoms with Crippen molar-refractivity contribution in [2.75, 3.05) is 0 Å². The molecule has 4 heteroatoms. The predicted octanol–water partition coefficient (Wildman–Crippen LogP) is 5.19. The van der Waals surface area contributed by atoms with Gasteiger partial charge in [0.1, 0.15) is 5.82 Å². The molecule has 0 N–H and O–H groups in total. The standard InChI is InChI=1S/C16H14Cl2N2/c1-10(17)12-5-8-15-14(9-12)19-16(20(15)2)11-3-6-13(18)7-4-11/h3-10H,1-2H3. The maximum absolute atomic E-state index is 6.14. The molecule has 0 aliphatic heterocycles. The van der Waals surface area contributed by atoms with E-state index in [-0.39, 0.29) is 5.38 Å². The van der Waals surface area contributed by atoms with Gasteiger partial charge in [0.25, 0.3) is 0 Å². The molecule has 1 heterocycles. The van der Waals surface area contributed by atoms with Crippen molar-refractivity contribution in [2.24, 2.45) is 7.05 Å². The summed E-state index contributed by atoms with van der Waals surface area (Å²) in [4.78, 5) is 4.72. The summed E-state index contributed by atoms with van der Waals surface area (Å²) in [6.45, 7) is 1.96. The quantitative estimate of drug-likeness (QED) is 0.595. The fraction of sp³-hybridized carbons (Fsp3) is 0.188. The van der Waals surface area contributed by atoms with E-state index < -0.39 is 0 Å². The lowest BCUT2D eigenvalue weighted by Crippen LogP contribution is -1.92. The second-order valence-electron chi connectivity index (χ2n) is 4.87. The van der Waals surface area contributed by atoms with E-state index in [1.807, 2.05) is 50.4 Å². The molecule has 1 unspecified atom stereocenters. The first-order valence-corrected chi connectivity index (χ1v) is 7.24. The summed E-state index contributed by atoms with van der Waals surface area (Å²) in [5.74, 6) is 0.927. The Labute approximate surface area is 128 Å². The number of aryl methyl sites for hydroxylation is 1. The molecular formula is C16H14Cl2N2. The molecule has 0 amide bonds. The Morgan fingerprint density at radius 3 is 2.45 bits per heavy atom. The van der Waals surface area contributed by atoms with Crippen LogP contribution in [0.5, 0.6) is 0 Å². The van der Waals surface area contributed by atoms with Crippen molar-refractivity contribution in [3.8, 4) is 11.4 Å². The van der Waals surface area contributed by atoms with Crippen molar-refractivity contribution in [1.82, 2.24) is 9.55 Å². The average Bonchev–Trinajstić information content (AvgIpc) is 2.76. The zero-order valence-corrected chi connectivity index (χ0v) is 12.8. The molecule has 0 radical (unpaired) electrons. The van der Waals surface area contributed by atoms with Gasteiger partial charge >= 0.3 is 0 Å². The minimum absolute atomic E-state index is 0.0135. The highest BCUT2D eigenvalue weighted by molar-refractivity contribution is 6.30. The molecule has 102 valence electrons. The molecule has 0 saturated heterocycles. The van der Waals surface area contributed by atoms with Gasteiger partial charge in [-0.2, -0.15) is 0 Å². The van der Waals surface area contributed by atoms with Gasteiger partial charge in [-0.05, 0) is 48.9 Å². The number of rotatable bonds is 2. The van der Waals surface area contributed by atoms with E-state index in [2.05, 4.69) is 10.6 Å². The van der Waals surface area contributed by atoms with Crippen LogP contribution >= 0.6 is 23.2 Å². The van der Waals surface area contributed by atoms with E-state index in [0.29, 0.717) is 0 Å². The van der Waals surface area contributed by atoms with Crippen LogP contribution < -0.4 is 0 Å². The molecule has 2 aromatic carbocycles. The van der Waals surface area contributed by atoms with E-state index in [1.54, 1.807) is 0 Å². The molecular weight excluding hydrogens is 291 g/mol. The lowest BCUT2D eigenvalue weighted by Gasteiger charge is -2.04. The Kier molecular flexibility index (Phi) is 3.45. The monoisotopic (exact) mass is 304 g/mol. The minimum Gasteiger partial charge on any atom is -0.327 e. The van der Waals surface area contributed by atoms with Crippen molar-refractivity contribution in [2.45, 2.75) is 12.3 Å². The Bertz CT molecular complexity index is 758. The summed E-state index contributed by atoms with van der Waals surface area (Å²) >= 11 is 12.1. The number of nitrogens with zero attached hydrogens (tertiary/aromatic N) is 2. The third-order valence-electron chi connectivity index (χ3n) is 3.47.